The van der Waals surface area contributed by atoms with Crippen LogP contribution in [0.1, 0.15) is 5.56 Å². The third kappa shape index (κ3) is 6.81. The van der Waals surface area contributed by atoms with Crippen LogP contribution in [0.15, 0.2) is 213 Å². The molecule has 0 fully saturated rings. The number of para-hydroxylation sites is 2. The van der Waals surface area contributed by atoms with E-state index in [2.05, 4.69) is 12.1 Å². The molecule has 8 aromatic carbocycles. The molecule has 0 N–H and O–H groups in total. The van der Waals surface area contributed by atoms with Crippen LogP contribution < -0.4 is 0 Å². The highest BCUT2D eigenvalue weighted by Crippen LogP contribution is 2.46. The van der Waals surface area contributed by atoms with E-state index in [1.165, 1.54) is 6.07 Å². The molecule has 0 bridgehead atoms. The zero-order valence-electron chi connectivity index (χ0n) is 35.9. The summed E-state index contributed by atoms with van der Waals surface area (Å²) in [5, 5.41) is 3.34. The van der Waals surface area contributed by atoms with Crippen LogP contribution in [0.2, 0.25) is 0 Å². The highest BCUT2D eigenvalue weighted by atomic mass is 19.4. The highest BCUT2D eigenvalue weighted by molar-refractivity contribution is 6.13. The van der Waals surface area contributed by atoms with Crippen molar-refractivity contribution < 1.29 is 22.0 Å². The molecule has 0 amide bonds. The molecular weight excluding hydrogens is 860 g/mol. The first-order chi connectivity index (χ1) is 33.2. The maximum absolute atomic E-state index is 15.7. The molecule has 4 aromatic heterocycles. The normalized spacial score (nSPS) is 11.9. The van der Waals surface area contributed by atoms with Crippen molar-refractivity contribution in [3.63, 3.8) is 0 Å². The summed E-state index contributed by atoms with van der Waals surface area (Å²) >= 11 is 0. The van der Waals surface area contributed by atoms with E-state index in [4.69, 9.17) is 9.97 Å². The van der Waals surface area contributed by atoms with Crippen LogP contribution in [0.5, 0.6) is 0 Å². The molecule has 0 radical (unpaired) electrons. The van der Waals surface area contributed by atoms with Crippen molar-refractivity contribution in [1.29, 1.82) is 0 Å². The lowest BCUT2D eigenvalue weighted by molar-refractivity contribution is -0.137. The second-order valence-electron chi connectivity index (χ2n) is 16.7. The molecule has 0 aliphatic carbocycles. The zero-order valence-corrected chi connectivity index (χ0v) is 35.9. The molecule has 4 nitrogen and oxygen atoms in total. The lowest BCUT2D eigenvalue weighted by Gasteiger charge is -2.22. The summed E-state index contributed by atoms with van der Waals surface area (Å²) in [5.74, 6) is -1.98. The van der Waals surface area contributed by atoms with E-state index in [1.54, 1.807) is 12.4 Å². The second-order valence-corrected chi connectivity index (χ2v) is 16.7. The lowest BCUT2D eigenvalue weighted by atomic mass is 9.96. The van der Waals surface area contributed by atoms with Gasteiger partial charge in [-0.15, -0.1) is 0 Å². The van der Waals surface area contributed by atoms with Gasteiger partial charge in [0.05, 0.1) is 50.4 Å². The highest BCUT2D eigenvalue weighted by Gasteiger charge is 2.36. The number of hydrogen-bond donors (Lipinski definition) is 0. The Morgan fingerprint density at radius 1 is 0.338 bits per heavy atom. The summed E-state index contributed by atoms with van der Waals surface area (Å²) in [6.07, 6.45) is -1.41. The predicted molar refractivity (Wildman–Crippen MR) is 263 cm³/mol. The van der Waals surface area contributed by atoms with Crippen LogP contribution in [-0.2, 0) is 6.18 Å². The van der Waals surface area contributed by atoms with E-state index in [0.717, 1.165) is 90.0 Å². The molecule has 0 unspecified atom stereocenters. The molecule has 0 saturated heterocycles. The van der Waals surface area contributed by atoms with Crippen molar-refractivity contribution in [3.05, 3.63) is 230 Å². The Labute approximate surface area is 386 Å². The van der Waals surface area contributed by atoms with Gasteiger partial charge in [-0.1, -0.05) is 121 Å². The lowest BCUT2D eigenvalue weighted by Crippen LogP contribution is -2.12. The number of hydrogen-bond acceptors (Lipinski definition) is 2. The van der Waals surface area contributed by atoms with Crippen molar-refractivity contribution in [2.45, 2.75) is 6.18 Å². The van der Waals surface area contributed by atoms with Gasteiger partial charge in [-0.2, -0.15) is 13.2 Å². The Hall–Kier alpha value is -8.69. The predicted octanol–water partition coefficient (Wildman–Crippen LogP) is 16.3. The molecule has 0 aliphatic rings. The van der Waals surface area contributed by atoms with E-state index >= 15 is 22.0 Å². The topological polar surface area (TPSA) is 35.6 Å². The molecule has 0 atom stereocenters. The molecule has 68 heavy (non-hydrogen) atoms. The second kappa shape index (κ2) is 16.0. The van der Waals surface area contributed by atoms with Gasteiger partial charge in [0.1, 0.15) is 11.6 Å². The maximum atomic E-state index is 15.7. The van der Waals surface area contributed by atoms with Crippen LogP contribution in [0.25, 0.3) is 111 Å². The van der Waals surface area contributed by atoms with Gasteiger partial charge in [-0.25, -0.2) is 8.78 Å². The van der Waals surface area contributed by atoms with Crippen molar-refractivity contribution >= 4 is 43.6 Å². The third-order valence-corrected chi connectivity index (χ3v) is 12.8. The Bertz CT molecular complexity index is 3910. The minimum atomic E-state index is -4.93. The Morgan fingerprint density at radius 2 is 0.779 bits per heavy atom. The monoisotopic (exact) mass is 894 g/mol. The number of rotatable bonds is 7. The zero-order chi connectivity index (χ0) is 46.1. The summed E-state index contributed by atoms with van der Waals surface area (Å²) in [4.78, 5) is 9.54. The fourth-order valence-electron chi connectivity index (χ4n) is 9.85. The fourth-order valence-corrected chi connectivity index (χ4v) is 9.85. The van der Waals surface area contributed by atoms with E-state index in [1.807, 2.05) is 167 Å². The minimum absolute atomic E-state index is 0.216. The van der Waals surface area contributed by atoms with Gasteiger partial charge in [0.25, 0.3) is 0 Å². The van der Waals surface area contributed by atoms with Crippen LogP contribution in [0.4, 0.5) is 22.0 Å². The molecule has 4 heterocycles. The van der Waals surface area contributed by atoms with Gasteiger partial charge in [-0.3, -0.25) is 9.97 Å². The van der Waals surface area contributed by atoms with Crippen molar-refractivity contribution in [2.24, 2.45) is 0 Å². The fraction of sp³-hybridized carbons (Fsp3) is 0.0169. The number of nitrogens with zero attached hydrogens (tertiary/aromatic N) is 4. The Kier molecular flexibility index (Phi) is 9.62. The van der Waals surface area contributed by atoms with E-state index in [9.17, 15) is 0 Å². The average Bonchev–Trinajstić information content (AvgIpc) is 3.88. The number of pyridine rings is 2. The summed E-state index contributed by atoms with van der Waals surface area (Å²) in [5.41, 5.74) is 8.80. The summed E-state index contributed by atoms with van der Waals surface area (Å²) in [6.45, 7) is 0. The van der Waals surface area contributed by atoms with Gasteiger partial charge in [-0.05, 0) is 95.1 Å². The molecule has 9 heteroatoms. The number of alkyl halides is 3. The van der Waals surface area contributed by atoms with Crippen LogP contribution in [0, 0.1) is 11.6 Å². The molecule has 0 saturated carbocycles. The molecule has 326 valence electrons. The number of fused-ring (bicyclic) bond motifs is 6. The summed E-state index contributed by atoms with van der Waals surface area (Å²) in [6, 6.07) is 60.2. The quantitative estimate of drug-likeness (QED) is 0.149. The van der Waals surface area contributed by atoms with Gasteiger partial charge in [0.15, 0.2) is 0 Å². The van der Waals surface area contributed by atoms with Gasteiger partial charge >= 0.3 is 6.18 Å². The Balaban J connectivity index is 1.16. The first-order valence-corrected chi connectivity index (χ1v) is 22.0. The van der Waals surface area contributed by atoms with Crippen LogP contribution >= 0.6 is 0 Å². The summed E-state index contributed by atoms with van der Waals surface area (Å²) in [7, 11) is 0. The average molecular weight is 895 g/mol. The van der Waals surface area contributed by atoms with Gasteiger partial charge < -0.3 is 9.13 Å². The largest absolute Gasteiger partial charge is 0.417 e. The van der Waals surface area contributed by atoms with Crippen LogP contribution in [-0.4, -0.2) is 19.1 Å². The SMILES string of the molecule is Fc1cc(F)cc(-c2cc(-n3c4ccccc4c4cc(-c5cccnc5-c5ccccc5)ccc43)c(-n3c4ccccc4c4cc(-c5cccnc5-c5ccccc5)ccc43)cc2C(F)(F)F)c1. The van der Waals surface area contributed by atoms with E-state index in [0.29, 0.717) is 28.3 Å². The number of benzene rings is 8. The standard InChI is InChI=1S/C59H35F5N4/c60-41-29-40(30-42(61)33-41)47-34-55(67-51-21-9-7-17-45(51)48-31-38(23-25-53(48)67)43-19-11-27-65-57(43)36-13-3-1-4-14-36)56(35-50(47)59(62,63)64)68-52-22-10-8-18-46(52)49-32-39(24-26-54(49)68)44-20-12-28-66-58(44)37-15-5-2-6-16-37/h1-35H. The minimum Gasteiger partial charge on any atom is -0.307 e. The smallest absolute Gasteiger partial charge is 0.307 e. The van der Waals surface area contributed by atoms with E-state index < -0.39 is 23.4 Å². The first-order valence-electron chi connectivity index (χ1n) is 22.0. The van der Waals surface area contributed by atoms with Crippen LogP contribution in [0.3, 0.4) is 0 Å². The molecule has 0 aliphatic heterocycles. The maximum Gasteiger partial charge on any atom is 0.417 e. The number of halogens is 5. The van der Waals surface area contributed by atoms with Gasteiger partial charge in [0, 0.05) is 62.3 Å². The first kappa shape index (κ1) is 40.8. The number of aromatic nitrogens is 4. The molecular formula is C59H35F5N4. The van der Waals surface area contributed by atoms with Crippen molar-refractivity contribution in [1.82, 2.24) is 19.1 Å². The van der Waals surface area contributed by atoms with Crippen molar-refractivity contribution in [2.75, 3.05) is 0 Å². The van der Waals surface area contributed by atoms with Gasteiger partial charge in [0.2, 0.25) is 0 Å². The van der Waals surface area contributed by atoms with E-state index in [-0.39, 0.29) is 16.8 Å². The van der Waals surface area contributed by atoms with Crippen molar-refractivity contribution in [3.8, 4) is 67.3 Å². The summed E-state index contributed by atoms with van der Waals surface area (Å²) < 4.78 is 81.1. The molecule has 0 spiro atoms. The molecule has 12 aromatic rings. The Morgan fingerprint density at radius 3 is 1.26 bits per heavy atom. The molecule has 12 rings (SSSR count). The third-order valence-electron chi connectivity index (χ3n) is 12.8.